The van der Waals surface area contributed by atoms with Crippen LogP contribution in [-0.2, 0) is 9.59 Å². The molecule has 2 atom stereocenters. The van der Waals surface area contributed by atoms with Gasteiger partial charge in [-0.05, 0) is 39.5 Å². The highest BCUT2D eigenvalue weighted by atomic mass is 16.4. The molecule has 1 saturated carbocycles. The highest BCUT2D eigenvalue weighted by Gasteiger charge is 2.31. The van der Waals surface area contributed by atoms with Crippen LogP contribution in [0.2, 0.25) is 0 Å². The van der Waals surface area contributed by atoms with Crippen LogP contribution in [0.15, 0.2) is 0 Å². The lowest BCUT2D eigenvalue weighted by Gasteiger charge is -2.27. The fourth-order valence-electron chi connectivity index (χ4n) is 2.17. The van der Waals surface area contributed by atoms with Crippen molar-refractivity contribution in [3.63, 3.8) is 0 Å². The lowest BCUT2D eigenvalue weighted by molar-refractivity contribution is -0.138. The molecule has 0 aromatic heterocycles. The SMILES string of the molecule is CC(C)(CCC(=O)O)NC(=O)C1CCC(N)C1. The Morgan fingerprint density at radius 1 is 1.41 bits per heavy atom. The fourth-order valence-corrected chi connectivity index (χ4v) is 2.17. The highest BCUT2D eigenvalue weighted by Crippen LogP contribution is 2.25. The summed E-state index contributed by atoms with van der Waals surface area (Å²) in [7, 11) is 0. The van der Waals surface area contributed by atoms with Crippen LogP contribution in [0.4, 0.5) is 0 Å². The van der Waals surface area contributed by atoms with Gasteiger partial charge in [0.15, 0.2) is 0 Å². The molecule has 2 unspecified atom stereocenters. The standard InChI is InChI=1S/C12H22N2O3/c1-12(2,6-5-10(15)16)14-11(17)8-3-4-9(13)7-8/h8-9H,3-7,13H2,1-2H3,(H,14,17)(H,15,16). The molecule has 0 saturated heterocycles. The van der Waals surface area contributed by atoms with Crippen molar-refractivity contribution < 1.29 is 14.7 Å². The van der Waals surface area contributed by atoms with Crippen LogP contribution in [0.5, 0.6) is 0 Å². The van der Waals surface area contributed by atoms with Crippen molar-refractivity contribution in [1.29, 1.82) is 0 Å². The summed E-state index contributed by atoms with van der Waals surface area (Å²) in [4.78, 5) is 22.4. The number of amides is 1. The molecule has 0 aromatic rings. The van der Waals surface area contributed by atoms with E-state index in [-0.39, 0.29) is 24.3 Å². The number of carboxylic acids is 1. The van der Waals surface area contributed by atoms with Crippen LogP contribution < -0.4 is 11.1 Å². The molecule has 0 aromatic carbocycles. The van der Waals surface area contributed by atoms with Crippen molar-refractivity contribution >= 4 is 11.9 Å². The van der Waals surface area contributed by atoms with Crippen LogP contribution >= 0.6 is 0 Å². The molecule has 0 radical (unpaired) electrons. The molecule has 1 aliphatic rings. The summed E-state index contributed by atoms with van der Waals surface area (Å²) in [6, 6.07) is 0.132. The smallest absolute Gasteiger partial charge is 0.303 e. The lowest BCUT2D eigenvalue weighted by atomic mass is 9.96. The van der Waals surface area contributed by atoms with E-state index in [1.54, 1.807) is 0 Å². The Morgan fingerprint density at radius 3 is 2.53 bits per heavy atom. The van der Waals surface area contributed by atoms with Crippen LogP contribution in [0.3, 0.4) is 0 Å². The van der Waals surface area contributed by atoms with E-state index in [0.717, 1.165) is 19.3 Å². The van der Waals surface area contributed by atoms with E-state index in [2.05, 4.69) is 5.32 Å². The number of carbonyl (C=O) groups is 2. The van der Waals surface area contributed by atoms with Gasteiger partial charge in [-0.3, -0.25) is 9.59 Å². The topological polar surface area (TPSA) is 92.4 Å². The van der Waals surface area contributed by atoms with Gasteiger partial charge in [-0.1, -0.05) is 0 Å². The van der Waals surface area contributed by atoms with Crippen LogP contribution in [0, 0.1) is 5.92 Å². The lowest BCUT2D eigenvalue weighted by Crippen LogP contribution is -2.46. The van der Waals surface area contributed by atoms with Gasteiger partial charge < -0.3 is 16.2 Å². The molecule has 1 amide bonds. The quantitative estimate of drug-likeness (QED) is 0.667. The predicted octanol–water partition coefficient (Wildman–Crippen LogP) is 0.873. The van der Waals surface area contributed by atoms with Crippen molar-refractivity contribution in [2.75, 3.05) is 0 Å². The van der Waals surface area contributed by atoms with Gasteiger partial charge in [0.1, 0.15) is 0 Å². The Labute approximate surface area is 102 Å². The minimum atomic E-state index is -0.838. The van der Waals surface area contributed by atoms with Crippen molar-refractivity contribution in [1.82, 2.24) is 5.32 Å². The van der Waals surface area contributed by atoms with Gasteiger partial charge in [-0.2, -0.15) is 0 Å². The molecular formula is C12H22N2O3. The third-order valence-electron chi connectivity index (χ3n) is 3.27. The van der Waals surface area contributed by atoms with E-state index >= 15 is 0 Å². The highest BCUT2D eigenvalue weighted by molar-refractivity contribution is 5.79. The summed E-state index contributed by atoms with van der Waals surface area (Å²) >= 11 is 0. The number of nitrogens with two attached hydrogens (primary N) is 1. The Bertz CT molecular complexity index is 302. The molecule has 0 spiro atoms. The number of rotatable bonds is 5. The van der Waals surface area contributed by atoms with Gasteiger partial charge in [0.2, 0.25) is 5.91 Å². The summed E-state index contributed by atoms with van der Waals surface area (Å²) in [5.74, 6) is -0.836. The van der Waals surface area contributed by atoms with Gasteiger partial charge in [0.25, 0.3) is 0 Å². The van der Waals surface area contributed by atoms with E-state index < -0.39 is 11.5 Å². The van der Waals surface area contributed by atoms with Crippen molar-refractivity contribution in [3.8, 4) is 0 Å². The second kappa shape index (κ2) is 5.49. The maximum absolute atomic E-state index is 11.9. The molecule has 1 aliphatic carbocycles. The third-order valence-corrected chi connectivity index (χ3v) is 3.27. The third kappa shape index (κ3) is 4.73. The Kier molecular flexibility index (Phi) is 4.51. The molecule has 4 N–H and O–H groups in total. The zero-order valence-corrected chi connectivity index (χ0v) is 10.5. The summed E-state index contributed by atoms with van der Waals surface area (Å²) in [5.41, 5.74) is 5.30. The van der Waals surface area contributed by atoms with Crippen molar-refractivity contribution in [3.05, 3.63) is 0 Å². The largest absolute Gasteiger partial charge is 0.481 e. The summed E-state index contributed by atoms with van der Waals surface area (Å²) in [5, 5.41) is 11.5. The van der Waals surface area contributed by atoms with Crippen LogP contribution in [-0.4, -0.2) is 28.6 Å². The monoisotopic (exact) mass is 242 g/mol. The van der Waals surface area contributed by atoms with E-state index in [9.17, 15) is 9.59 Å². The fraction of sp³-hybridized carbons (Fsp3) is 0.833. The summed E-state index contributed by atoms with van der Waals surface area (Å²) in [6.07, 6.45) is 2.97. The molecule has 5 nitrogen and oxygen atoms in total. The molecule has 1 rings (SSSR count). The summed E-state index contributed by atoms with van der Waals surface area (Å²) in [6.45, 7) is 3.70. The Balaban J connectivity index is 2.41. The van der Waals surface area contributed by atoms with Gasteiger partial charge in [-0.15, -0.1) is 0 Å². The van der Waals surface area contributed by atoms with Gasteiger partial charge in [-0.25, -0.2) is 0 Å². The normalized spacial score (nSPS) is 24.6. The molecule has 5 heteroatoms. The molecule has 98 valence electrons. The second-order valence-electron chi connectivity index (χ2n) is 5.54. The maximum Gasteiger partial charge on any atom is 0.303 e. The first-order valence-corrected chi connectivity index (χ1v) is 6.09. The predicted molar refractivity (Wildman–Crippen MR) is 64.4 cm³/mol. The van der Waals surface area contributed by atoms with E-state index in [1.807, 2.05) is 13.8 Å². The zero-order valence-electron chi connectivity index (χ0n) is 10.5. The molecule has 0 aliphatic heterocycles. The first kappa shape index (κ1) is 14.0. The average Bonchev–Trinajstić information content (AvgIpc) is 2.61. The van der Waals surface area contributed by atoms with Crippen LogP contribution in [0.25, 0.3) is 0 Å². The number of hydrogen-bond donors (Lipinski definition) is 3. The minimum Gasteiger partial charge on any atom is -0.481 e. The maximum atomic E-state index is 11.9. The number of nitrogens with one attached hydrogen (secondary N) is 1. The summed E-state index contributed by atoms with van der Waals surface area (Å²) < 4.78 is 0. The molecular weight excluding hydrogens is 220 g/mol. The number of carbonyl (C=O) groups excluding carboxylic acids is 1. The van der Waals surface area contributed by atoms with Crippen LogP contribution in [0.1, 0.15) is 46.0 Å². The Morgan fingerprint density at radius 2 is 2.06 bits per heavy atom. The van der Waals surface area contributed by atoms with Crippen molar-refractivity contribution in [2.24, 2.45) is 11.7 Å². The number of aliphatic carboxylic acids is 1. The number of hydrogen-bond acceptors (Lipinski definition) is 3. The Hall–Kier alpha value is -1.10. The first-order chi connectivity index (χ1) is 7.80. The zero-order chi connectivity index (χ0) is 13.1. The molecule has 0 heterocycles. The van der Waals surface area contributed by atoms with Crippen molar-refractivity contribution in [2.45, 2.75) is 57.5 Å². The van der Waals surface area contributed by atoms with E-state index in [0.29, 0.717) is 6.42 Å². The van der Waals surface area contributed by atoms with E-state index in [4.69, 9.17) is 10.8 Å². The minimum absolute atomic E-state index is 0.00546. The molecule has 17 heavy (non-hydrogen) atoms. The van der Waals surface area contributed by atoms with Gasteiger partial charge >= 0.3 is 5.97 Å². The van der Waals surface area contributed by atoms with Gasteiger partial charge in [0, 0.05) is 23.9 Å². The number of carboxylic acid groups (broad SMARTS) is 1. The van der Waals surface area contributed by atoms with Gasteiger partial charge in [0.05, 0.1) is 0 Å². The average molecular weight is 242 g/mol. The van der Waals surface area contributed by atoms with E-state index in [1.165, 1.54) is 0 Å². The molecule has 0 bridgehead atoms. The molecule has 1 fully saturated rings. The first-order valence-electron chi connectivity index (χ1n) is 6.09. The second-order valence-corrected chi connectivity index (χ2v) is 5.54.